The Hall–Kier alpha value is 1.42. The molecule has 0 nitrogen and oxygen atoms in total. The first-order valence-corrected chi connectivity index (χ1v) is 2.83. The maximum absolute atomic E-state index is 11.3. The van der Waals surface area contributed by atoms with Crippen LogP contribution in [0, 0.1) is 0 Å². The number of hydrogen-bond acceptors (Lipinski definition) is 0. The average Bonchev–Trinajstić information content (AvgIpc) is 1.63. The Morgan fingerprint density at radius 3 is 1.80 bits per heavy atom. The van der Waals surface area contributed by atoms with Gasteiger partial charge in [-0.05, 0) is 6.42 Å². The van der Waals surface area contributed by atoms with Gasteiger partial charge in [0.15, 0.2) is 0 Å². The Morgan fingerprint density at radius 1 is 1.00 bits per heavy atom. The quantitative estimate of drug-likeness (QED) is 0.315. The van der Waals surface area contributed by atoms with Crippen LogP contribution in [-0.2, 0) is 0 Å². The van der Waals surface area contributed by atoms with E-state index in [1.54, 1.807) is 0 Å². The summed E-state index contributed by atoms with van der Waals surface area (Å²) in [4.78, 5) is 0. The van der Waals surface area contributed by atoms with E-state index in [-0.39, 0.29) is 64.2 Å². The molecule has 56 valence electrons. The van der Waals surface area contributed by atoms with E-state index in [1.807, 2.05) is 0 Å². The smallest absolute Gasteiger partial charge is 0.449 e. The summed E-state index contributed by atoms with van der Waals surface area (Å²) in [6.45, 7) is -5.32. The van der Waals surface area contributed by atoms with Gasteiger partial charge >= 0.3 is 58.4 Å². The molecular formula is C4H8BF4K. The Bertz CT molecular complexity index is 74.1. The number of hydrogen-bond donors (Lipinski definition) is 0. The minimum Gasteiger partial charge on any atom is -0.449 e. The molecule has 0 aliphatic heterocycles. The first kappa shape index (κ1) is 14.0. The minimum absolute atomic E-state index is 0. The molecule has 0 saturated carbocycles. The van der Waals surface area contributed by atoms with Crippen LogP contribution in [0.4, 0.5) is 17.3 Å². The summed E-state index contributed by atoms with van der Waals surface area (Å²) in [5, 5.41) is 0. The molecule has 0 aromatic heterocycles. The van der Waals surface area contributed by atoms with Gasteiger partial charge in [-0.2, -0.15) is 0 Å². The van der Waals surface area contributed by atoms with Gasteiger partial charge in [0.1, 0.15) is 0 Å². The van der Waals surface area contributed by atoms with Crippen LogP contribution in [0.5, 0.6) is 0 Å². The third-order valence-electron chi connectivity index (χ3n) is 0.915. The van der Waals surface area contributed by atoms with Crippen molar-refractivity contribution in [2.24, 2.45) is 0 Å². The van der Waals surface area contributed by atoms with Crippen LogP contribution in [-0.4, -0.2) is 13.7 Å². The van der Waals surface area contributed by atoms with E-state index in [2.05, 4.69) is 0 Å². The van der Waals surface area contributed by atoms with Gasteiger partial charge in [0.2, 0.25) is 0 Å². The summed E-state index contributed by atoms with van der Waals surface area (Å²) in [6, 6.07) is 0. The van der Waals surface area contributed by atoms with Crippen LogP contribution >= 0.6 is 0 Å². The zero-order chi connectivity index (χ0) is 7.33. The van der Waals surface area contributed by atoms with E-state index < -0.39 is 20.0 Å². The maximum Gasteiger partial charge on any atom is 1.00 e. The molecule has 0 heterocycles. The Morgan fingerprint density at radius 2 is 1.50 bits per heavy atom. The standard InChI is InChI=1S/C4H8BF4.K/c6-4-2-1-3-5(7,8)9;/h1-4H2;/q-1;+1. The Balaban J connectivity index is 0. The second kappa shape index (κ2) is 7.09. The van der Waals surface area contributed by atoms with Crippen molar-refractivity contribution >= 4 is 6.98 Å². The third-order valence-corrected chi connectivity index (χ3v) is 0.915. The van der Waals surface area contributed by atoms with Crippen LogP contribution in [0.1, 0.15) is 12.8 Å². The van der Waals surface area contributed by atoms with E-state index in [1.165, 1.54) is 0 Å². The van der Waals surface area contributed by atoms with Crippen LogP contribution in [0.15, 0.2) is 0 Å². The minimum atomic E-state index is -4.68. The van der Waals surface area contributed by atoms with Crippen molar-refractivity contribution in [1.29, 1.82) is 0 Å². The normalized spacial score (nSPS) is 10.8. The van der Waals surface area contributed by atoms with E-state index in [4.69, 9.17) is 0 Å². The maximum atomic E-state index is 11.3. The Labute approximate surface area is 100 Å². The van der Waals surface area contributed by atoms with E-state index in [0.29, 0.717) is 0 Å². The molecule has 0 bridgehead atoms. The summed E-state index contributed by atoms with van der Waals surface area (Å²) in [5.41, 5.74) is 0. The fourth-order valence-electron chi connectivity index (χ4n) is 0.470. The van der Waals surface area contributed by atoms with Gasteiger partial charge in [0.05, 0.1) is 6.67 Å². The summed E-state index contributed by atoms with van der Waals surface area (Å²) < 4.78 is 45.2. The van der Waals surface area contributed by atoms with E-state index in [9.17, 15) is 17.3 Å². The first-order valence-electron chi connectivity index (χ1n) is 2.83. The Kier molecular flexibility index (Phi) is 9.91. The number of unbranched alkanes of at least 4 members (excludes halogenated alkanes) is 1. The molecule has 6 heteroatoms. The van der Waals surface area contributed by atoms with Crippen LogP contribution in [0.3, 0.4) is 0 Å². The van der Waals surface area contributed by atoms with Crippen molar-refractivity contribution in [2.45, 2.75) is 19.2 Å². The number of alkyl halides is 1. The van der Waals surface area contributed by atoms with Crippen molar-refractivity contribution in [3.05, 3.63) is 0 Å². The average molecular weight is 182 g/mol. The van der Waals surface area contributed by atoms with Crippen molar-refractivity contribution < 1.29 is 68.7 Å². The first-order chi connectivity index (χ1) is 4.06. The molecule has 10 heavy (non-hydrogen) atoms. The summed E-state index contributed by atoms with van der Waals surface area (Å²) in [5.74, 6) is 0. The van der Waals surface area contributed by atoms with Gasteiger partial charge in [-0.1, -0.05) is 12.7 Å². The fraction of sp³-hybridized carbons (Fsp3) is 1.00. The third kappa shape index (κ3) is 12.1. The summed E-state index contributed by atoms with van der Waals surface area (Å²) >= 11 is 0. The number of rotatable bonds is 4. The molecule has 0 aromatic carbocycles. The second-order valence-corrected chi connectivity index (χ2v) is 1.90. The van der Waals surface area contributed by atoms with Gasteiger partial charge in [-0.15, -0.1) is 0 Å². The predicted octanol–water partition coefficient (Wildman–Crippen LogP) is -0.413. The SMILES string of the molecule is FCCCC[B-](F)(F)F.[K+]. The van der Waals surface area contributed by atoms with Crippen LogP contribution in [0.2, 0.25) is 6.32 Å². The van der Waals surface area contributed by atoms with E-state index >= 15 is 0 Å². The van der Waals surface area contributed by atoms with Gasteiger partial charge < -0.3 is 12.9 Å². The molecule has 0 fully saturated rings. The molecule has 0 spiro atoms. The van der Waals surface area contributed by atoms with Crippen molar-refractivity contribution in [3.8, 4) is 0 Å². The monoisotopic (exact) mass is 182 g/mol. The summed E-state index contributed by atoms with van der Waals surface area (Å²) in [7, 11) is 0. The van der Waals surface area contributed by atoms with Gasteiger partial charge in [-0.3, -0.25) is 4.39 Å². The molecular weight excluding hydrogens is 174 g/mol. The molecule has 0 rings (SSSR count). The largest absolute Gasteiger partial charge is 1.00 e. The molecule has 0 saturated heterocycles. The predicted molar refractivity (Wildman–Crippen MR) is 29.1 cm³/mol. The van der Waals surface area contributed by atoms with E-state index in [0.717, 1.165) is 0 Å². The molecule has 0 N–H and O–H groups in total. The zero-order valence-electron chi connectivity index (χ0n) is 5.92. The van der Waals surface area contributed by atoms with Gasteiger partial charge in [0, 0.05) is 0 Å². The van der Waals surface area contributed by atoms with Crippen LogP contribution < -0.4 is 51.4 Å². The molecule has 0 aliphatic rings. The second-order valence-electron chi connectivity index (χ2n) is 1.90. The van der Waals surface area contributed by atoms with Crippen molar-refractivity contribution in [1.82, 2.24) is 0 Å². The zero-order valence-corrected chi connectivity index (χ0v) is 9.04. The molecule has 0 amide bonds. The molecule has 0 unspecified atom stereocenters. The van der Waals surface area contributed by atoms with Crippen molar-refractivity contribution in [3.63, 3.8) is 0 Å². The van der Waals surface area contributed by atoms with Crippen molar-refractivity contribution in [2.75, 3.05) is 6.67 Å². The van der Waals surface area contributed by atoms with Gasteiger partial charge in [-0.25, -0.2) is 0 Å². The topological polar surface area (TPSA) is 0 Å². The van der Waals surface area contributed by atoms with Crippen LogP contribution in [0.25, 0.3) is 0 Å². The van der Waals surface area contributed by atoms with Gasteiger partial charge in [0.25, 0.3) is 0 Å². The fourth-order valence-corrected chi connectivity index (χ4v) is 0.470. The summed E-state index contributed by atoms with van der Waals surface area (Å²) in [6.07, 6.45) is -0.842. The molecule has 0 atom stereocenters. The molecule has 0 aromatic rings. The number of halogens is 4. The molecule has 0 radical (unpaired) electrons. The molecule has 0 aliphatic carbocycles.